The van der Waals surface area contributed by atoms with E-state index in [-0.39, 0.29) is 23.5 Å². The molecule has 0 aromatic heterocycles. The minimum absolute atomic E-state index is 0.151. The van der Waals surface area contributed by atoms with E-state index in [4.69, 9.17) is 0 Å². The van der Waals surface area contributed by atoms with Crippen LogP contribution in [0.15, 0.2) is 42.5 Å². The van der Waals surface area contributed by atoms with Gasteiger partial charge in [-0.1, -0.05) is 12.5 Å². The molecule has 4 rings (SSSR count). The molecule has 134 valence electrons. The second-order valence-electron chi connectivity index (χ2n) is 6.99. The zero-order chi connectivity index (χ0) is 18.1. The van der Waals surface area contributed by atoms with E-state index in [1.54, 1.807) is 0 Å². The Morgan fingerprint density at radius 3 is 2.50 bits per heavy atom. The lowest BCUT2D eigenvalue weighted by Crippen LogP contribution is -2.42. The van der Waals surface area contributed by atoms with Gasteiger partial charge in [0.15, 0.2) is 0 Å². The number of hydrogen-bond acceptors (Lipinski definition) is 2. The van der Waals surface area contributed by atoms with Crippen LogP contribution in [0.3, 0.4) is 0 Å². The standard InChI is InChI=1S/C21H21FN2O2/c22-16-11-9-14(10-12-16)20(25)23-18-7-2-8-19-17(18)6-3-13-24(19)21(26)15-4-1-5-15/h2,7-12,15H,1,3-6,13H2,(H,23,25). The van der Waals surface area contributed by atoms with Crippen LogP contribution in [0.2, 0.25) is 0 Å². The van der Waals surface area contributed by atoms with Gasteiger partial charge in [-0.2, -0.15) is 0 Å². The number of halogens is 1. The summed E-state index contributed by atoms with van der Waals surface area (Å²) in [5.74, 6) is -0.290. The maximum atomic E-state index is 13.1. The fraction of sp³-hybridized carbons (Fsp3) is 0.333. The third-order valence-corrected chi connectivity index (χ3v) is 5.33. The van der Waals surface area contributed by atoms with E-state index in [0.29, 0.717) is 5.56 Å². The highest BCUT2D eigenvalue weighted by molar-refractivity contribution is 6.05. The number of rotatable bonds is 3. The summed E-state index contributed by atoms with van der Waals surface area (Å²) < 4.78 is 13.1. The Balaban J connectivity index is 1.59. The summed E-state index contributed by atoms with van der Waals surface area (Å²) in [5.41, 5.74) is 3.04. The lowest BCUT2D eigenvalue weighted by atomic mass is 9.83. The first-order valence-electron chi connectivity index (χ1n) is 9.13. The van der Waals surface area contributed by atoms with Gasteiger partial charge in [-0.25, -0.2) is 4.39 Å². The van der Waals surface area contributed by atoms with Crippen molar-refractivity contribution < 1.29 is 14.0 Å². The number of nitrogens with zero attached hydrogens (tertiary/aromatic N) is 1. The van der Waals surface area contributed by atoms with Crippen LogP contribution in [0.25, 0.3) is 0 Å². The van der Waals surface area contributed by atoms with Crippen LogP contribution in [-0.4, -0.2) is 18.4 Å². The van der Waals surface area contributed by atoms with Crippen LogP contribution in [0.1, 0.15) is 41.6 Å². The summed E-state index contributed by atoms with van der Waals surface area (Å²) in [4.78, 5) is 27.1. The topological polar surface area (TPSA) is 49.4 Å². The van der Waals surface area contributed by atoms with Crippen molar-refractivity contribution in [3.63, 3.8) is 0 Å². The number of anilines is 2. The molecule has 0 atom stereocenters. The molecule has 1 aliphatic heterocycles. The van der Waals surface area contributed by atoms with E-state index >= 15 is 0 Å². The minimum atomic E-state index is -0.371. The predicted molar refractivity (Wildman–Crippen MR) is 98.8 cm³/mol. The Labute approximate surface area is 152 Å². The van der Waals surface area contributed by atoms with E-state index in [1.165, 1.54) is 24.3 Å². The molecule has 2 amide bonds. The van der Waals surface area contributed by atoms with Gasteiger partial charge in [0, 0.05) is 29.4 Å². The van der Waals surface area contributed by atoms with Gasteiger partial charge in [0.2, 0.25) is 5.91 Å². The molecule has 1 fully saturated rings. The first kappa shape index (κ1) is 16.8. The normalized spacial score (nSPS) is 16.6. The summed E-state index contributed by atoms with van der Waals surface area (Å²) in [7, 11) is 0. The molecule has 2 aromatic rings. The number of carbonyl (C=O) groups excluding carboxylic acids is 2. The second kappa shape index (κ2) is 6.90. The average molecular weight is 352 g/mol. The van der Waals surface area contributed by atoms with E-state index in [0.717, 1.165) is 55.6 Å². The zero-order valence-electron chi connectivity index (χ0n) is 14.5. The van der Waals surface area contributed by atoms with Crippen LogP contribution in [0.4, 0.5) is 15.8 Å². The van der Waals surface area contributed by atoms with Gasteiger partial charge in [0.25, 0.3) is 5.91 Å². The molecule has 0 spiro atoms. The molecule has 26 heavy (non-hydrogen) atoms. The van der Waals surface area contributed by atoms with E-state index in [2.05, 4.69) is 5.32 Å². The quantitative estimate of drug-likeness (QED) is 0.902. The van der Waals surface area contributed by atoms with Crippen molar-refractivity contribution in [3.8, 4) is 0 Å². The highest BCUT2D eigenvalue weighted by Crippen LogP contribution is 2.36. The Morgan fingerprint density at radius 1 is 1.04 bits per heavy atom. The summed E-state index contributed by atoms with van der Waals surface area (Å²) in [6, 6.07) is 11.2. The van der Waals surface area contributed by atoms with Crippen LogP contribution in [0, 0.1) is 11.7 Å². The van der Waals surface area contributed by atoms with Crippen LogP contribution < -0.4 is 10.2 Å². The number of nitrogens with one attached hydrogen (secondary N) is 1. The molecular formula is C21H21FN2O2. The van der Waals surface area contributed by atoms with Gasteiger partial charge in [-0.3, -0.25) is 9.59 Å². The highest BCUT2D eigenvalue weighted by Gasteiger charge is 2.32. The number of benzene rings is 2. The first-order valence-corrected chi connectivity index (χ1v) is 9.13. The summed E-state index contributed by atoms with van der Waals surface area (Å²) in [6.07, 6.45) is 4.79. The molecular weight excluding hydrogens is 331 g/mol. The number of hydrogen-bond donors (Lipinski definition) is 1. The average Bonchev–Trinajstić information content (AvgIpc) is 2.60. The smallest absolute Gasteiger partial charge is 0.255 e. The molecule has 0 unspecified atom stereocenters. The molecule has 1 heterocycles. The van der Waals surface area contributed by atoms with Gasteiger partial charge in [-0.15, -0.1) is 0 Å². The molecule has 2 aliphatic rings. The summed E-state index contributed by atoms with van der Waals surface area (Å²) >= 11 is 0. The fourth-order valence-corrected chi connectivity index (χ4v) is 3.64. The summed E-state index contributed by atoms with van der Waals surface area (Å²) in [5, 5.41) is 2.92. The molecule has 1 aliphatic carbocycles. The number of amides is 2. The van der Waals surface area contributed by atoms with Crippen molar-refractivity contribution in [2.45, 2.75) is 32.1 Å². The monoisotopic (exact) mass is 352 g/mol. The Kier molecular flexibility index (Phi) is 4.45. The molecule has 1 N–H and O–H groups in total. The van der Waals surface area contributed by atoms with Crippen molar-refractivity contribution in [2.24, 2.45) is 5.92 Å². The molecule has 0 radical (unpaired) electrons. The van der Waals surface area contributed by atoms with Crippen LogP contribution in [-0.2, 0) is 11.2 Å². The third-order valence-electron chi connectivity index (χ3n) is 5.33. The van der Waals surface area contributed by atoms with E-state index in [9.17, 15) is 14.0 Å². The Bertz CT molecular complexity index is 844. The van der Waals surface area contributed by atoms with Crippen molar-refractivity contribution in [1.82, 2.24) is 0 Å². The van der Waals surface area contributed by atoms with Gasteiger partial charge >= 0.3 is 0 Å². The second-order valence-corrected chi connectivity index (χ2v) is 6.99. The number of carbonyl (C=O) groups is 2. The van der Waals surface area contributed by atoms with Crippen LogP contribution >= 0.6 is 0 Å². The van der Waals surface area contributed by atoms with Crippen molar-refractivity contribution in [3.05, 3.63) is 59.4 Å². The maximum absolute atomic E-state index is 13.1. The molecule has 0 bridgehead atoms. The number of fused-ring (bicyclic) bond motifs is 1. The minimum Gasteiger partial charge on any atom is -0.322 e. The van der Waals surface area contributed by atoms with E-state index < -0.39 is 0 Å². The van der Waals surface area contributed by atoms with Gasteiger partial charge < -0.3 is 10.2 Å². The van der Waals surface area contributed by atoms with Gasteiger partial charge in [-0.05, 0) is 67.6 Å². The van der Waals surface area contributed by atoms with E-state index in [1.807, 2.05) is 23.1 Å². The first-order chi connectivity index (χ1) is 12.6. The molecule has 1 saturated carbocycles. The fourth-order valence-electron chi connectivity index (χ4n) is 3.64. The highest BCUT2D eigenvalue weighted by atomic mass is 19.1. The predicted octanol–water partition coefficient (Wildman–Crippen LogP) is 4.16. The zero-order valence-corrected chi connectivity index (χ0v) is 14.5. The molecule has 5 heteroatoms. The molecule has 2 aromatic carbocycles. The van der Waals surface area contributed by atoms with Crippen molar-refractivity contribution >= 4 is 23.2 Å². The Morgan fingerprint density at radius 2 is 1.81 bits per heavy atom. The van der Waals surface area contributed by atoms with Crippen molar-refractivity contribution in [1.29, 1.82) is 0 Å². The van der Waals surface area contributed by atoms with Crippen LogP contribution in [0.5, 0.6) is 0 Å². The largest absolute Gasteiger partial charge is 0.322 e. The third kappa shape index (κ3) is 3.09. The van der Waals surface area contributed by atoms with Gasteiger partial charge in [0.1, 0.15) is 5.82 Å². The van der Waals surface area contributed by atoms with Crippen molar-refractivity contribution in [2.75, 3.05) is 16.8 Å². The Hall–Kier alpha value is -2.69. The lowest BCUT2D eigenvalue weighted by molar-refractivity contribution is -0.124. The molecule has 4 nitrogen and oxygen atoms in total. The van der Waals surface area contributed by atoms with Gasteiger partial charge in [0.05, 0.1) is 0 Å². The summed E-state index contributed by atoms with van der Waals surface area (Å²) in [6.45, 7) is 0.734. The maximum Gasteiger partial charge on any atom is 0.255 e. The molecule has 0 saturated heterocycles. The SMILES string of the molecule is O=C(Nc1cccc2c1CCCN2C(=O)C1CCC1)c1ccc(F)cc1. The lowest BCUT2D eigenvalue weighted by Gasteiger charge is -2.36.